The van der Waals surface area contributed by atoms with Gasteiger partial charge in [-0.3, -0.25) is 14.9 Å². The first-order valence-corrected chi connectivity index (χ1v) is 7.93. The van der Waals surface area contributed by atoms with E-state index in [1.54, 1.807) is 24.3 Å². The number of hydrogen-bond acceptors (Lipinski definition) is 4. The summed E-state index contributed by atoms with van der Waals surface area (Å²) in [4.78, 5) is 22.5. The number of non-ortho nitro benzene ring substituents is 1. The predicted octanol–water partition coefficient (Wildman–Crippen LogP) is 3.31. The van der Waals surface area contributed by atoms with E-state index in [-0.39, 0.29) is 24.0 Å². The average Bonchev–Trinajstić information content (AvgIpc) is 2.57. The van der Waals surface area contributed by atoms with E-state index in [1.165, 1.54) is 24.3 Å². The maximum absolute atomic E-state index is 13.5. The molecule has 1 saturated carbocycles. The maximum atomic E-state index is 13.5. The number of nitrogens with one attached hydrogen (secondary N) is 1. The molecule has 0 unspecified atom stereocenters. The van der Waals surface area contributed by atoms with Crippen LogP contribution in [0.3, 0.4) is 0 Å². The highest BCUT2D eigenvalue weighted by atomic mass is 19.1. The number of benzene rings is 2. The van der Waals surface area contributed by atoms with Gasteiger partial charge in [-0.1, -0.05) is 12.1 Å². The summed E-state index contributed by atoms with van der Waals surface area (Å²) in [6.45, 7) is -0.296. The van der Waals surface area contributed by atoms with Gasteiger partial charge >= 0.3 is 0 Å². The third-order valence-electron chi connectivity index (χ3n) is 4.41. The van der Waals surface area contributed by atoms with E-state index in [4.69, 9.17) is 4.74 Å². The van der Waals surface area contributed by atoms with Crippen LogP contribution < -0.4 is 10.1 Å². The van der Waals surface area contributed by atoms with E-state index in [1.807, 2.05) is 0 Å². The quantitative estimate of drug-likeness (QED) is 0.644. The van der Waals surface area contributed by atoms with Gasteiger partial charge < -0.3 is 10.1 Å². The number of ether oxygens (including phenoxy) is 1. The van der Waals surface area contributed by atoms with Crippen molar-refractivity contribution in [3.8, 4) is 5.75 Å². The Balaban J connectivity index is 1.66. The van der Waals surface area contributed by atoms with E-state index in [0.29, 0.717) is 0 Å². The van der Waals surface area contributed by atoms with Gasteiger partial charge in [0.25, 0.3) is 11.6 Å². The summed E-state index contributed by atoms with van der Waals surface area (Å²) in [5.41, 5.74) is 0.293. The number of rotatable bonds is 6. The average molecular weight is 344 g/mol. The van der Waals surface area contributed by atoms with Crippen molar-refractivity contribution in [2.24, 2.45) is 0 Å². The minimum Gasteiger partial charge on any atom is -0.481 e. The van der Waals surface area contributed by atoms with Crippen molar-refractivity contribution in [3.05, 3.63) is 70.0 Å². The Labute approximate surface area is 143 Å². The van der Waals surface area contributed by atoms with E-state index >= 15 is 0 Å². The molecule has 1 N–H and O–H groups in total. The van der Waals surface area contributed by atoms with Crippen LogP contribution in [0.1, 0.15) is 24.8 Å². The van der Waals surface area contributed by atoms with Crippen molar-refractivity contribution in [1.82, 2.24) is 5.32 Å². The van der Waals surface area contributed by atoms with E-state index in [9.17, 15) is 19.3 Å². The highest BCUT2D eigenvalue weighted by Gasteiger charge is 2.40. The summed E-state index contributed by atoms with van der Waals surface area (Å²) >= 11 is 0. The third kappa shape index (κ3) is 3.60. The molecule has 1 aliphatic rings. The van der Waals surface area contributed by atoms with Crippen LogP contribution in [0.5, 0.6) is 5.75 Å². The van der Waals surface area contributed by atoms with Crippen molar-refractivity contribution < 1.29 is 18.8 Å². The number of nitro benzene ring substituents is 1. The molecule has 3 rings (SSSR count). The minimum atomic E-state index is -0.537. The molecular formula is C18H17FN2O4. The number of nitrogens with zero attached hydrogens (tertiary/aromatic N) is 1. The smallest absolute Gasteiger partial charge is 0.269 e. The van der Waals surface area contributed by atoms with Crippen molar-refractivity contribution in [2.75, 3.05) is 6.61 Å². The summed E-state index contributed by atoms with van der Waals surface area (Å²) in [7, 11) is 0. The molecule has 1 amide bonds. The van der Waals surface area contributed by atoms with Crippen LogP contribution >= 0.6 is 0 Å². The lowest BCUT2D eigenvalue weighted by molar-refractivity contribution is -0.384. The van der Waals surface area contributed by atoms with Gasteiger partial charge in [0.05, 0.1) is 10.5 Å². The molecule has 7 heteroatoms. The number of amides is 1. The Morgan fingerprint density at radius 3 is 2.44 bits per heavy atom. The lowest BCUT2D eigenvalue weighted by atomic mass is 9.71. The molecule has 2 aromatic carbocycles. The Morgan fingerprint density at radius 1 is 1.20 bits per heavy atom. The number of nitro groups is 1. The Kier molecular flexibility index (Phi) is 4.65. The van der Waals surface area contributed by atoms with Gasteiger partial charge in [-0.05, 0) is 49.1 Å². The maximum Gasteiger partial charge on any atom is 0.269 e. The molecule has 2 aromatic rings. The van der Waals surface area contributed by atoms with Gasteiger partial charge in [0.15, 0.2) is 18.2 Å². The first kappa shape index (κ1) is 16.9. The second-order valence-electron chi connectivity index (χ2n) is 6.01. The van der Waals surface area contributed by atoms with Gasteiger partial charge in [0.1, 0.15) is 0 Å². The van der Waals surface area contributed by atoms with Crippen LogP contribution in [0.15, 0.2) is 48.5 Å². The molecule has 0 heterocycles. The second kappa shape index (κ2) is 6.88. The molecule has 1 fully saturated rings. The largest absolute Gasteiger partial charge is 0.481 e. The number of para-hydroxylation sites is 1. The summed E-state index contributed by atoms with van der Waals surface area (Å²) in [6.07, 6.45) is 2.44. The van der Waals surface area contributed by atoms with E-state index in [0.717, 1.165) is 24.8 Å². The fraction of sp³-hybridized carbons (Fsp3) is 0.278. The van der Waals surface area contributed by atoms with Crippen LogP contribution in [0.4, 0.5) is 10.1 Å². The van der Waals surface area contributed by atoms with Crippen LogP contribution in [0.2, 0.25) is 0 Å². The zero-order valence-electron chi connectivity index (χ0n) is 13.4. The van der Waals surface area contributed by atoms with Crippen molar-refractivity contribution in [1.29, 1.82) is 0 Å². The number of hydrogen-bond donors (Lipinski definition) is 1. The standard InChI is InChI=1S/C18H17FN2O4/c19-15-4-1-2-5-16(15)25-12-17(22)20-18(10-3-11-18)13-6-8-14(9-7-13)21(23)24/h1-2,4-9H,3,10-12H2,(H,20,22). The lowest BCUT2D eigenvalue weighted by Crippen LogP contribution is -2.52. The van der Waals surface area contributed by atoms with Crippen LogP contribution in [-0.4, -0.2) is 17.4 Å². The summed E-state index contributed by atoms with van der Waals surface area (Å²) < 4.78 is 18.7. The Bertz CT molecular complexity index is 788. The zero-order chi connectivity index (χ0) is 17.9. The SMILES string of the molecule is O=C(COc1ccccc1F)NC1(c2ccc([N+](=O)[O-])cc2)CCC1. The molecule has 25 heavy (non-hydrogen) atoms. The van der Waals surface area contributed by atoms with Crippen LogP contribution in [0.25, 0.3) is 0 Å². The normalized spacial score (nSPS) is 15.1. The van der Waals surface area contributed by atoms with Gasteiger partial charge in [-0.25, -0.2) is 4.39 Å². The topological polar surface area (TPSA) is 81.5 Å². The Morgan fingerprint density at radius 2 is 1.88 bits per heavy atom. The molecule has 0 bridgehead atoms. The van der Waals surface area contributed by atoms with E-state index < -0.39 is 16.3 Å². The molecule has 6 nitrogen and oxygen atoms in total. The highest BCUT2D eigenvalue weighted by molar-refractivity contribution is 5.78. The molecular weight excluding hydrogens is 327 g/mol. The van der Waals surface area contributed by atoms with Gasteiger partial charge in [-0.15, -0.1) is 0 Å². The molecule has 0 saturated heterocycles. The summed E-state index contributed by atoms with van der Waals surface area (Å²) in [5, 5.41) is 13.7. The van der Waals surface area contributed by atoms with Crippen molar-refractivity contribution in [2.45, 2.75) is 24.8 Å². The molecule has 130 valence electrons. The van der Waals surface area contributed by atoms with Crippen LogP contribution in [-0.2, 0) is 10.3 Å². The summed E-state index contributed by atoms with van der Waals surface area (Å²) in [5.74, 6) is -0.860. The molecule has 1 aliphatic carbocycles. The molecule has 0 radical (unpaired) electrons. The first-order chi connectivity index (χ1) is 12.0. The first-order valence-electron chi connectivity index (χ1n) is 7.93. The fourth-order valence-corrected chi connectivity index (χ4v) is 2.93. The molecule has 0 atom stereocenters. The van der Waals surface area contributed by atoms with Gasteiger partial charge in [0.2, 0.25) is 0 Å². The van der Waals surface area contributed by atoms with Gasteiger partial charge in [0, 0.05) is 12.1 Å². The minimum absolute atomic E-state index is 0.00689. The second-order valence-corrected chi connectivity index (χ2v) is 6.01. The molecule has 0 spiro atoms. The van der Waals surface area contributed by atoms with Crippen molar-refractivity contribution >= 4 is 11.6 Å². The fourth-order valence-electron chi connectivity index (χ4n) is 2.93. The van der Waals surface area contributed by atoms with Crippen molar-refractivity contribution in [3.63, 3.8) is 0 Å². The number of halogens is 1. The van der Waals surface area contributed by atoms with Crippen LogP contribution in [0, 0.1) is 15.9 Å². The van der Waals surface area contributed by atoms with E-state index in [2.05, 4.69) is 5.32 Å². The Hall–Kier alpha value is -2.96. The summed E-state index contributed by atoms with van der Waals surface area (Å²) in [6, 6.07) is 12.1. The zero-order valence-corrected chi connectivity index (χ0v) is 13.4. The number of carbonyl (C=O) groups excluding carboxylic acids is 1. The monoisotopic (exact) mass is 344 g/mol. The molecule has 0 aliphatic heterocycles. The lowest BCUT2D eigenvalue weighted by Gasteiger charge is -2.43. The highest BCUT2D eigenvalue weighted by Crippen LogP contribution is 2.41. The molecule has 0 aromatic heterocycles. The third-order valence-corrected chi connectivity index (χ3v) is 4.41. The number of carbonyl (C=O) groups is 1. The van der Waals surface area contributed by atoms with Gasteiger partial charge in [-0.2, -0.15) is 0 Å². The predicted molar refractivity (Wildman–Crippen MR) is 88.7 cm³/mol.